The molecular weight excluding hydrogens is 224 g/mol. The lowest BCUT2D eigenvalue weighted by atomic mass is 10.2. The predicted octanol–water partition coefficient (Wildman–Crippen LogP) is 2.66. The molecule has 5 heteroatoms. The summed E-state index contributed by atoms with van der Waals surface area (Å²) in [5.41, 5.74) is 2.55. The standard InChI is InChI=1S/C11H13ClN4/c1-8(2)16-10(3-4-15-16)11-9(7-12)13-5-6-14-11/h3-6,8H,7H2,1-2H3. The Morgan fingerprint density at radius 1 is 1.25 bits per heavy atom. The Morgan fingerprint density at radius 3 is 2.69 bits per heavy atom. The number of rotatable bonds is 3. The maximum atomic E-state index is 5.85. The maximum Gasteiger partial charge on any atom is 0.111 e. The van der Waals surface area contributed by atoms with Crippen LogP contribution in [0.2, 0.25) is 0 Å². The zero-order valence-corrected chi connectivity index (χ0v) is 10.0. The van der Waals surface area contributed by atoms with E-state index in [0.29, 0.717) is 5.88 Å². The van der Waals surface area contributed by atoms with Crippen LogP contribution < -0.4 is 0 Å². The molecule has 2 rings (SSSR count). The summed E-state index contributed by atoms with van der Waals surface area (Å²) in [6.45, 7) is 4.15. The van der Waals surface area contributed by atoms with E-state index in [0.717, 1.165) is 17.1 Å². The van der Waals surface area contributed by atoms with Crippen LogP contribution in [0.1, 0.15) is 25.6 Å². The van der Waals surface area contributed by atoms with E-state index >= 15 is 0 Å². The normalized spacial score (nSPS) is 11.0. The first-order valence-electron chi connectivity index (χ1n) is 5.13. The highest BCUT2D eigenvalue weighted by Gasteiger charge is 2.13. The number of nitrogens with zero attached hydrogens (tertiary/aromatic N) is 4. The Balaban J connectivity index is 2.54. The van der Waals surface area contributed by atoms with Gasteiger partial charge in [0.1, 0.15) is 5.69 Å². The van der Waals surface area contributed by atoms with Crippen LogP contribution in [0.4, 0.5) is 0 Å². The fourth-order valence-electron chi connectivity index (χ4n) is 1.59. The van der Waals surface area contributed by atoms with E-state index in [4.69, 9.17) is 11.6 Å². The van der Waals surface area contributed by atoms with Crippen LogP contribution >= 0.6 is 11.6 Å². The molecule has 0 N–H and O–H groups in total. The van der Waals surface area contributed by atoms with Crippen molar-refractivity contribution in [1.82, 2.24) is 19.7 Å². The van der Waals surface area contributed by atoms with Gasteiger partial charge in [0.15, 0.2) is 0 Å². The largest absolute Gasteiger partial charge is 0.261 e. The zero-order chi connectivity index (χ0) is 11.5. The third kappa shape index (κ3) is 1.93. The highest BCUT2D eigenvalue weighted by Crippen LogP contribution is 2.22. The Labute approximate surface area is 99.3 Å². The summed E-state index contributed by atoms with van der Waals surface area (Å²) >= 11 is 5.85. The molecule has 0 spiro atoms. The molecule has 0 unspecified atom stereocenters. The van der Waals surface area contributed by atoms with Crippen molar-refractivity contribution in [3.05, 3.63) is 30.4 Å². The molecule has 84 valence electrons. The molecule has 0 aliphatic carbocycles. The van der Waals surface area contributed by atoms with Gasteiger partial charge >= 0.3 is 0 Å². The van der Waals surface area contributed by atoms with Crippen LogP contribution in [0.5, 0.6) is 0 Å². The van der Waals surface area contributed by atoms with Crippen molar-refractivity contribution in [1.29, 1.82) is 0 Å². The van der Waals surface area contributed by atoms with Crippen LogP contribution in [0.15, 0.2) is 24.7 Å². The number of hydrogen-bond acceptors (Lipinski definition) is 3. The maximum absolute atomic E-state index is 5.85. The van der Waals surface area contributed by atoms with Crippen molar-refractivity contribution in [3.63, 3.8) is 0 Å². The Hall–Kier alpha value is -1.42. The molecule has 0 aromatic carbocycles. The van der Waals surface area contributed by atoms with Gasteiger partial charge in [-0.1, -0.05) is 0 Å². The highest BCUT2D eigenvalue weighted by atomic mass is 35.5. The van der Waals surface area contributed by atoms with Crippen molar-refractivity contribution < 1.29 is 0 Å². The molecule has 2 aromatic rings. The van der Waals surface area contributed by atoms with Crippen LogP contribution in [-0.2, 0) is 5.88 Å². The molecule has 0 radical (unpaired) electrons. The van der Waals surface area contributed by atoms with Gasteiger partial charge in [-0.25, -0.2) is 0 Å². The van der Waals surface area contributed by atoms with Gasteiger partial charge in [-0.3, -0.25) is 14.6 Å². The number of aromatic nitrogens is 4. The first kappa shape index (κ1) is 11.1. The van der Waals surface area contributed by atoms with E-state index in [1.165, 1.54) is 0 Å². The summed E-state index contributed by atoms with van der Waals surface area (Å²) in [7, 11) is 0. The molecule has 0 bridgehead atoms. The number of alkyl halides is 1. The van der Waals surface area contributed by atoms with E-state index in [1.54, 1.807) is 18.6 Å². The molecule has 0 saturated heterocycles. The van der Waals surface area contributed by atoms with Crippen LogP contribution in [0, 0.1) is 0 Å². The van der Waals surface area contributed by atoms with E-state index in [9.17, 15) is 0 Å². The lowest BCUT2D eigenvalue weighted by Gasteiger charge is -2.11. The first-order valence-corrected chi connectivity index (χ1v) is 5.67. The monoisotopic (exact) mass is 236 g/mol. The predicted molar refractivity (Wildman–Crippen MR) is 63.2 cm³/mol. The van der Waals surface area contributed by atoms with E-state index < -0.39 is 0 Å². The molecule has 0 fully saturated rings. The fraction of sp³-hybridized carbons (Fsp3) is 0.364. The second kappa shape index (κ2) is 4.61. The van der Waals surface area contributed by atoms with E-state index in [1.807, 2.05) is 10.7 Å². The molecule has 4 nitrogen and oxygen atoms in total. The van der Waals surface area contributed by atoms with Gasteiger partial charge in [0.2, 0.25) is 0 Å². The van der Waals surface area contributed by atoms with Crippen LogP contribution in [0.25, 0.3) is 11.4 Å². The lowest BCUT2D eigenvalue weighted by molar-refractivity contribution is 0.537. The van der Waals surface area contributed by atoms with Crippen molar-refractivity contribution in [2.24, 2.45) is 0 Å². The van der Waals surface area contributed by atoms with Crippen molar-refractivity contribution in [3.8, 4) is 11.4 Å². The Bertz CT molecular complexity index is 478. The molecule has 2 aromatic heterocycles. The van der Waals surface area contributed by atoms with E-state index in [2.05, 4.69) is 28.9 Å². The topological polar surface area (TPSA) is 43.6 Å². The quantitative estimate of drug-likeness (QED) is 0.770. The molecule has 0 amide bonds. The summed E-state index contributed by atoms with van der Waals surface area (Å²) in [5.74, 6) is 0.354. The molecule has 0 aliphatic heterocycles. The van der Waals surface area contributed by atoms with Gasteiger partial charge < -0.3 is 0 Å². The van der Waals surface area contributed by atoms with E-state index in [-0.39, 0.29) is 6.04 Å². The second-order valence-corrected chi connectivity index (χ2v) is 4.01. The van der Waals surface area contributed by atoms with Gasteiger partial charge in [-0.2, -0.15) is 5.10 Å². The van der Waals surface area contributed by atoms with Gasteiger partial charge in [0, 0.05) is 24.6 Å². The third-order valence-electron chi connectivity index (χ3n) is 2.30. The van der Waals surface area contributed by atoms with Gasteiger partial charge in [-0.15, -0.1) is 11.6 Å². The highest BCUT2D eigenvalue weighted by molar-refractivity contribution is 6.17. The SMILES string of the molecule is CC(C)n1nccc1-c1nccnc1CCl. The van der Waals surface area contributed by atoms with Gasteiger partial charge in [0.25, 0.3) is 0 Å². The smallest absolute Gasteiger partial charge is 0.111 e. The Morgan fingerprint density at radius 2 is 2.00 bits per heavy atom. The number of hydrogen-bond donors (Lipinski definition) is 0. The molecule has 0 atom stereocenters. The molecule has 0 aliphatic rings. The van der Waals surface area contributed by atoms with Gasteiger partial charge in [0.05, 0.1) is 17.3 Å². The lowest BCUT2D eigenvalue weighted by Crippen LogP contribution is -2.06. The first-order chi connectivity index (χ1) is 7.74. The average molecular weight is 237 g/mol. The summed E-state index contributed by atoms with van der Waals surface area (Å²) in [4.78, 5) is 8.55. The minimum atomic E-state index is 0.287. The van der Waals surface area contributed by atoms with Crippen LogP contribution in [0.3, 0.4) is 0 Å². The molecule has 16 heavy (non-hydrogen) atoms. The average Bonchev–Trinajstić information content (AvgIpc) is 2.77. The summed E-state index contributed by atoms with van der Waals surface area (Å²) in [6, 6.07) is 2.22. The Kier molecular flexibility index (Phi) is 3.19. The fourth-order valence-corrected chi connectivity index (χ4v) is 1.79. The molecule has 2 heterocycles. The minimum absolute atomic E-state index is 0.287. The molecule has 0 saturated carbocycles. The van der Waals surface area contributed by atoms with Crippen molar-refractivity contribution in [2.45, 2.75) is 25.8 Å². The second-order valence-electron chi connectivity index (χ2n) is 3.74. The minimum Gasteiger partial charge on any atom is -0.261 e. The van der Waals surface area contributed by atoms with Crippen LogP contribution in [-0.4, -0.2) is 19.7 Å². The van der Waals surface area contributed by atoms with Gasteiger partial charge in [-0.05, 0) is 19.9 Å². The summed E-state index contributed by atoms with van der Waals surface area (Å²) < 4.78 is 1.92. The zero-order valence-electron chi connectivity index (χ0n) is 9.26. The summed E-state index contributed by atoms with van der Waals surface area (Å²) in [5, 5.41) is 4.27. The van der Waals surface area contributed by atoms with Crippen molar-refractivity contribution in [2.75, 3.05) is 0 Å². The molecular formula is C11H13ClN4. The summed E-state index contributed by atoms with van der Waals surface area (Å²) in [6.07, 6.45) is 5.09. The number of halogens is 1. The third-order valence-corrected chi connectivity index (χ3v) is 2.56. The van der Waals surface area contributed by atoms with Crippen molar-refractivity contribution >= 4 is 11.6 Å².